The zero-order valence-electron chi connectivity index (χ0n) is 15.7. The Morgan fingerprint density at radius 3 is 2.75 bits per heavy atom. The van der Waals surface area contributed by atoms with Crippen molar-refractivity contribution < 1.29 is 23.5 Å². The summed E-state index contributed by atoms with van der Waals surface area (Å²) in [7, 11) is 1.55. The summed E-state index contributed by atoms with van der Waals surface area (Å²) in [5.41, 5.74) is 1.59. The summed E-state index contributed by atoms with van der Waals surface area (Å²) >= 11 is 1.53. The first-order valence-electron chi connectivity index (χ1n) is 8.84. The van der Waals surface area contributed by atoms with Gasteiger partial charge in [-0.2, -0.15) is 0 Å². The summed E-state index contributed by atoms with van der Waals surface area (Å²) in [6.07, 6.45) is 1.61. The molecule has 0 saturated carbocycles. The van der Waals surface area contributed by atoms with E-state index in [1.165, 1.54) is 11.8 Å². The lowest BCUT2D eigenvalue weighted by atomic mass is 9.95. The molecule has 1 atom stereocenters. The molecule has 1 aromatic carbocycles. The SMILES string of the molecule is CCOC(=O)C1=C(CSCc2ccco2)NC(=O)NC1c1ccccc1OC. The van der Waals surface area contributed by atoms with Crippen LogP contribution in [0.3, 0.4) is 0 Å². The fourth-order valence-electron chi connectivity index (χ4n) is 2.97. The number of hydrogen-bond donors (Lipinski definition) is 2. The molecule has 2 amide bonds. The average Bonchev–Trinajstić information content (AvgIpc) is 3.21. The predicted molar refractivity (Wildman–Crippen MR) is 106 cm³/mol. The van der Waals surface area contributed by atoms with E-state index in [1.807, 2.05) is 30.3 Å². The van der Waals surface area contributed by atoms with Crippen molar-refractivity contribution in [2.45, 2.75) is 18.7 Å². The second-order valence-electron chi connectivity index (χ2n) is 5.96. The van der Waals surface area contributed by atoms with Gasteiger partial charge in [0.15, 0.2) is 0 Å². The number of furan rings is 1. The number of rotatable bonds is 8. The van der Waals surface area contributed by atoms with Crippen LogP contribution in [-0.2, 0) is 15.3 Å². The number of carbonyl (C=O) groups is 2. The number of benzene rings is 1. The maximum absolute atomic E-state index is 12.8. The lowest BCUT2D eigenvalue weighted by Gasteiger charge is -2.30. The monoisotopic (exact) mass is 402 g/mol. The molecule has 0 radical (unpaired) electrons. The van der Waals surface area contributed by atoms with Gasteiger partial charge in [-0.25, -0.2) is 9.59 Å². The average molecular weight is 402 g/mol. The van der Waals surface area contributed by atoms with Gasteiger partial charge in [0.25, 0.3) is 0 Å². The minimum Gasteiger partial charge on any atom is -0.496 e. The van der Waals surface area contributed by atoms with Crippen molar-refractivity contribution in [3.05, 3.63) is 65.3 Å². The molecule has 1 aromatic heterocycles. The third kappa shape index (κ3) is 4.51. The van der Waals surface area contributed by atoms with Gasteiger partial charge in [0.1, 0.15) is 11.5 Å². The number of thioether (sulfide) groups is 1. The summed E-state index contributed by atoms with van der Waals surface area (Å²) in [6.45, 7) is 1.98. The molecule has 0 aliphatic carbocycles. The molecule has 148 valence electrons. The maximum atomic E-state index is 12.8. The zero-order chi connectivity index (χ0) is 19.9. The van der Waals surface area contributed by atoms with E-state index in [-0.39, 0.29) is 12.6 Å². The summed E-state index contributed by atoms with van der Waals surface area (Å²) in [4.78, 5) is 25.0. The second kappa shape index (κ2) is 9.36. The Morgan fingerprint density at radius 1 is 1.21 bits per heavy atom. The van der Waals surface area contributed by atoms with E-state index in [0.717, 1.165) is 5.76 Å². The molecule has 0 bridgehead atoms. The molecule has 1 aliphatic rings. The molecule has 7 nitrogen and oxygen atoms in total. The third-order valence-electron chi connectivity index (χ3n) is 4.17. The number of para-hydroxylation sites is 1. The summed E-state index contributed by atoms with van der Waals surface area (Å²) in [6, 6.07) is 9.94. The standard InChI is InChI=1S/C20H22N2O5S/c1-3-26-19(23)17-15(12-28-11-13-7-6-10-27-13)21-20(24)22-18(17)14-8-4-5-9-16(14)25-2/h4-10,18H,3,11-12H2,1-2H3,(H2,21,22,24). The first kappa shape index (κ1) is 19.9. The van der Waals surface area contributed by atoms with Gasteiger partial charge in [-0.3, -0.25) is 0 Å². The second-order valence-corrected chi connectivity index (χ2v) is 6.94. The molecule has 0 spiro atoms. The minimum absolute atomic E-state index is 0.238. The molecular weight excluding hydrogens is 380 g/mol. The Bertz CT molecular complexity index is 863. The number of carbonyl (C=O) groups excluding carboxylic acids is 2. The number of urea groups is 1. The number of nitrogens with one attached hydrogen (secondary N) is 2. The fourth-order valence-corrected chi connectivity index (χ4v) is 3.87. The molecule has 2 aromatic rings. The lowest BCUT2D eigenvalue weighted by molar-refractivity contribution is -0.139. The van der Waals surface area contributed by atoms with Crippen LogP contribution in [0.4, 0.5) is 4.79 Å². The Balaban J connectivity index is 1.94. The van der Waals surface area contributed by atoms with E-state index >= 15 is 0 Å². The molecule has 28 heavy (non-hydrogen) atoms. The van der Waals surface area contributed by atoms with Gasteiger partial charge in [0.05, 0.1) is 37.3 Å². The maximum Gasteiger partial charge on any atom is 0.338 e. The van der Waals surface area contributed by atoms with Crippen LogP contribution in [0.5, 0.6) is 5.75 Å². The highest BCUT2D eigenvalue weighted by Gasteiger charge is 2.35. The highest BCUT2D eigenvalue weighted by molar-refractivity contribution is 7.98. The van der Waals surface area contributed by atoms with Crippen LogP contribution >= 0.6 is 11.8 Å². The highest BCUT2D eigenvalue weighted by Crippen LogP contribution is 2.34. The minimum atomic E-state index is -0.664. The van der Waals surface area contributed by atoms with Crippen LogP contribution in [0.15, 0.2) is 58.3 Å². The smallest absolute Gasteiger partial charge is 0.338 e. The fraction of sp³-hybridized carbons (Fsp3) is 0.300. The number of hydrogen-bond acceptors (Lipinski definition) is 6. The first-order valence-corrected chi connectivity index (χ1v) is 10.00. The van der Waals surface area contributed by atoms with E-state index in [1.54, 1.807) is 26.4 Å². The van der Waals surface area contributed by atoms with E-state index in [9.17, 15) is 9.59 Å². The van der Waals surface area contributed by atoms with Crippen molar-refractivity contribution in [3.8, 4) is 5.75 Å². The highest BCUT2D eigenvalue weighted by atomic mass is 32.2. The van der Waals surface area contributed by atoms with Crippen LogP contribution in [0.2, 0.25) is 0 Å². The zero-order valence-corrected chi connectivity index (χ0v) is 16.5. The largest absolute Gasteiger partial charge is 0.496 e. The van der Waals surface area contributed by atoms with Crippen molar-refractivity contribution in [1.29, 1.82) is 0 Å². The first-order chi connectivity index (χ1) is 13.6. The van der Waals surface area contributed by atoms with Crippen LogP contribution in [0.25, 0.3) is 0 Å². The number of methoxy groups -OCH3 is 1. The molecule has 0 fully saturated rings. The number of ether oxygens (including phenoxy) is 2. The summed E-state index contributed by atoms with van der Waals surface area (Å²) < 4.78 is 16.0. The van der Waals surface area contributed by atoms with Gasteiger partial charge in [-0.15, -0.1) is 11.8 Å². The van der Waals surface area contributed by atoms with E-state index < -0.39 is 12.0 Å². The Hall–Kier alpha value is -2.87. The normalized spacial score (nSPS) is 16.4. The van der Waals surface area contributed by atoms with Crippen LogP contribution < -0.4 is 15.4 Å². The van der Waals surface area contributed by atoms with Crippen molar-refractivity contribution in [3.63, 3.8) is 0 Å². The Labute approximate surface area is 167 Å². The molecule has 2 N–H and O–H groups in total. The number of amides is 2. The van der Waals surface area contributed by atoms with Gasteiger partial charge in [0.2, 0.25) is 0 Å². The predicted octanol–water partition coefficient (Wildman–Crippen LogP) is 3.39. The van der Waals surface area contributed by atoms with Crippen LogP contribution in [-0.4, -0.2) is 31.5 Å². The molecule has 8 heteroatoms. The topological polar surface area (TPSA) is 89.8 Å². The molecular formula is C20H22N2O5S. The Morgan fingerprint density at radius 2 is 2.04 bits per heavy atom. The Kier molecular flexibility index (Phi) is 6.65. The van der Waals surface area contributed by atoms with Crippen molar-refractivity contribution in [2.75, 3.05) is 19.5 Å². The van der Waals surface area contributed by atoms with Gasteiger partial charge in [0, 0.05) is 17.0 Å². The van der Waals surface area contributed by atoms with Crippen LogP contribution in [0, 0.1) is 0 Å². The number of esters is 1. The summed E-state index contributed by atoms with van der Waals surface area (Å²) in [5.74, 6) is 1.98. The van der Waals surface area contributed by atoms with Crippen molar-refractivity contribution in [2.24, 2.45) is 0 Å². The van der Waals surface area contributed by atoms with Crippen molar-refractivity contribution in [1.82, 2.24) is 10.6 Å². The van der Waals surface area contributed by atoms with Crippen LogP contribution in [0.1, 0.15) is 24.3 Å². The van der Waals surface area contributed by atoms with Gasteiger partial charge < -0.3 is 24.5 Å². The van der Waals surface area contributed by atoms with E-state index in [2.05, 4.69) is 10.6 Å². The van der Waals surface area contributed by atoms with E-state index in [0.29, 0.717) is 34.1 Å². The molecule has 1 unspecified atom stereocenters. The lowest BCUT2D eigenvalue weighted by Crippen LogP contribution is -2.46. The quantitative estimate of drug-likeness (QED) is 0.658. The van der Waals surface area contributed by atoms with Crippen molar-refractivity contribution >= 4 is 23.8 Å². The molecule has 3 rings (SSSR count). The van der Waals surface area contributed by atoms with Gasteiger partial charge >= 0.3 is 12.0 Å². The van der Waals surface area contributed by atoms with E-state index in [4.69, 9.17) is 13.9 Å². The van der Waals surface area contributed by atoms with Gasteiger partial charge in [-0.05, 0) is 25.1 Å². The molecule has 1 aliphatic heterocycles. The third-order valence-corrected chi connectivity index (χ3v) is 5.15. The summed E-state index contributed by atoms with van der Waals surface area (Å²) in [5, 5.41) is 5.57. The van der Waals surface area contributed by atoms with Gasteiger partial charge in [-0.1, -0.05) is 18.2 Å². The molecule has 2 heterocycles. The molecule has 0 saturated heterocycles.